The van der Waals surface area contributed by atoms with Gasteiger partial charge in [-0.25, -0.2) is 0 Å². The topological polar surface area (TPSA) is 99.5 Å². The number of carbonyl (C=O) groups is 2. The summed E-state index contributed by atoms with van der Waals surface area (Å²) in [5.41, 5.74) is 3.86. The number of aliphatic hydroxyl groups excluding tert-OH is 1. The summed E-state index contributed by atoms with van der Waals surface area (Å²) in [4.78, 5) is 42.3. The lowest BCUT2D eigenvalue weighted by molar-refractivity contribution is -0.135. The van der Waals surface area contributed by atoms with Crippen molar-refractivity contribution in [3.8, 4) is 11.5 Å². The van der Waals surface area contributed by atoms with Gasteiger partial charge in [-0.15, -0.1) is 0 Å². The van der Waals surface area contributed by atoms with Gasteiger partial charge in [0.25, 0.3) is 5.91 Å². The maximum atomic E-state index is 13.9. The Bertz CT molecular complexity index is 1740. The Balaban J connectivity index is 1.19. The zero-order valence-corrected chi connectivity index (χ0v) is 28.8. The van der Waals surface area contributed by atoms with Crippen LogP contribution in [0.15, 0.2) is 103 Å². The molecule has 2 heterocycles. The van der Waals surface area contributed by atoms with Crippen LogP contribution in [0.4, 0.5) is 11.4 Å². The SMILES string of the molecule is C[C@@H]1[C@@H]([Si](C)(C)O)[C@H](CC(=O)N(CCO)Cc2ccccc2)O[C@@H]1CCc1cccc(N2C(=O)c3ccccc3Oc3ccccc32)c1. The van der Waals surface area contributed by atoms with Gasteiger partial charge < -0.3 is 24.3 Å². The lowest BCUT2D eigenvalue weighted by Crippen LogP contribution is -2.42. The quantitative estimate of drug-likeness (QED) is 0.166. The molecule has 0 bridgehead atoms. The number of nitrogens with zero attached hydrogens (tertiary/aromatic N) is 2. The first-order valence-corrected chi connectivity index (χ1v) is 19.8. The first-order chi connectivity index (χ1) is 23.1. The number of aliphatic hydroxyl groups is 1. The van der Waals surface area contributed by atoms with E-state index in [1.165, 1.54) is 0 Å². The number of benzene rings is 4. The molecular formula is C39H44N2O6Si. The molecule has 6 rings (SSSR count). The number of aryl methyl sites for hydroxylation is 1. The van der Waals surface area contributed by atoms with Crippen molar-refractivity contribution in [1.29, 1.82) is 0 Å². The van der Waals surface area contributed by atoms with Crippen LogP contribution in [0.5, 0.6) is 11.5 Å². The minimum atomic E-state index is -2.70. The Kier molecular flexibility index (Phi) is 10.1. The Morgan fingerprint density at radius 2 is 1.56 bits per heavy atom. The van der Waals surface area contributed by atoms with E-state index in [4.69, 9.17) is 9.47 Å². The molecule has 48 heavy (non-hydrogen) atoms. The van der Waals surface area contributed by atoms with Gasteiger partial charge in [0.05, 0.1) is 36.5 Å². The zero-order chi connectivity index (χ0) is 33.8. The highest BCUT2D eigenvalue weighted by molar-refractivity contribution is 6.71. The maximum Gasteiger partial charge on any atom is 0.266 e. The van der Waals surface area contributed by atoms with Gasteiger partial charge in [0.1, 0.15) is 5.75 Å². The number of para-hydroxylation sites is 3. The first kappa shape index (κ1) is 33.6. The normalized spacial score (nSPS) is 20.4. The predicted molar refractivity (Wildman–Crippen MR) is 189 cm³/mol. The van der Waals surface area contributed by atoms with Crippen LogP contribution in [0.2, 0.25) is 18.6 Å². The van der Waals surface area contributed by atoms with Gasteiger partial charge >= 0.3 is 0 Å². The third kappa shape index (κ3) is 7.24. The van der Waals surface area contributed by atoms with Gasteiger partial charge in [-0.2, -0.15) is 0 Å². The molecule has 0 radical (unpaired) electrons. The summed E-state index contributed by atoms with van der Waals surface area (Å²) >= 11 is 0. The number of carbonyl (C=O) groups excluding carboxylic acids is 2. The molecule has 2 aliphatic heterocycles. The van der Waals surface area contributed by atoms with E-state index in [1.54, 1.807) is 15.9 Å². The minimum absolute atomic E-state index is 0.0609. The first-order valence-electron chi connectivity index (χ1n) is 16.7. The molecule has 0 unspecified atom stereocenters. The molecule has 8 nitrogen and oxygen atoms in total. The van der Waals surface area contributed by atoms with E-state index >= 15 is 0 Å². The average Bonchev–Trinajstić information content (AvgIpc) is 3.33. The van der Waals surface area contributed by atoms with Crippen LogP contribution in [0.1, 0.15) is 41.3 Å². The van der Waals surface area contributed by atoms with Crippen molar-refractivity contribution in [2.24, 2.45) is 5.92 Å². The van der Waals surface area contributed by atoms with Crippen molar-refractivity contribution in [2.45, 2.75) is 63.6 Å². The highest BCUT2D eigenvalue weighted by Crippen LogP contribution is 2.46. The number of ether oxygens (including phenoxy) is 2. The molecule has 0 spiro atoms. The lowest BCUT2D eigenvalue weighted by Gasteiger charge is -2.31. The lowest BCUT2D eigenvalue weighted by atomic mass is 9.95. The molecular weight excluding hydrogens is 621 g/mol. The van der Waals surface area contributed by atoms with Crippen LogP contribution < -0.4 is 9.64 Å². The molecule has 2 amide bonds. The molecule has 4 aromatic carbocycles. The van der Waals surface area contributed by atoms with Crippen LogP contribution in [0, 0.1) is 5.92 Å². The van der Waals surface area contributed by atoms with Crippen molar-refractivity contribution in [2.75, 3.05) is 18.1 Å². The minimum Gasteiger partial charge on any atom is -0.454 e. The molecule has 1 saturated heterocycles. The standard InChI is InChI=1S/C39H44N2O6Si/c1-27-33(46-36(38(27)48(2,3)45)25-37(43)40(22-23-42)26-29-12-5-4-6-13-29)21-20-28-14-11-15-30(24-28)41-32-17-8-10-19-35(32)47-34-18-9-7-16-31(34)39(41)44/h4-19,24,27,33,36,38,42,45H,20-23,25-26H2,1-3H3/t27-,33+,36-,38+/m0/s1. The molecule has 0 aromatic heterocycles. The number of anilines is 2. The van der Waals surface area contributed by atoms with Gasteiger partial charge in [0, 0.05) is 24.3 Å². The molecule has 4 atom stereocenters. The van der Waals surface area contributed by atoms with E-state index < -0.39 is 14.4 Å². The zero-order valence-electron chi connectivity index (χ0n) is 27.8. The third-order valence-electron chi connectivity index (χ3n) is 9.57. The smallest absolute Gasteiger partial charge is 0.266 e. The van der Waals surface area contributed by atoms with E-state index in [9.17, 15) is 19.5 Å². The highest BCUT2D eigenvalue weighted by Gasteiger charge is 2.50. The predicted octanol–water partition coefficient (Wildman–Crippen LogP) is 7.09. The van der Waals surface area contributed by atoms with Crippen LogP contribution in [-0.4, -0.2) is 60.3 Å². The Hall–Kier alpha value is -4.28. The maximum absolute atomic E-state index is 13.9. The second kappa shape index (κ2) is 14.5. The third-order valence-corrected chi connectivity index (χ3v) is 12.1. The van der Waals surface area contributed by atoms with Gasteiger partial charge in [-0.3, -0.25) is 14.5 Å². The molecule has 0 saturated carbocycles. The van der Waals surface area contributed by atoms with E-state index in [-0.39, 0.29) is 48.9 Å². The summed E-state index contributed by atoms with van der Waals surface area (Å²) in [6.07, 6.45) is 1.02. The van der Waals surface area contributed by atoms with E-state index in [2.05, 4.69) is 13.0 Å². The highest BCUT2D eigenvalue weighted by atomic mass is 28.4. The van der Waals surface area contributed by atoms with Gasteiger partial charge in [-0.1, -0.05) is 73.7 Å². The Labute approximate surface area is 283 Å². The molecule has 4 aromatic rings. The van der Waals surface area contributed by atoms with Crippen molar-refractivity contribution in [1.82, 2.24) is 4.90 Å². The fourth-order valence-corrected chi connectivity index (χ4v) is 9.96. The number of hydrogen-bond donors (Lipinski definition) is 2. The average molecular weight is 665 g/mol. The summed E-state index contributed by atoms with van der Waals surface area (Å²) in [7, 11) is -2.70. The summed E-state index contributed by atoms with van der Waals surface area (Å²) in [6.45, 7) is 6.50. The van der Waals surface area contributed by atoms with Gasteiger partial charge in [-0.05, 0) is 79.4 Å². The number of rotatable bonds is 11. The van der Waals surface area contributed by atoms with Crippen LogP contribution in [-0.2, 0) is 22.5 Å². The number of hydrogen-bond acceptors (Lipinski definition) is 6. The van der Waals surface area contributed by atoms with Crippen molar-refractivity contribution in [3.63, 3.8) is 0 Å². The monoisotopic (exact) mass is 664 g/mol. The fourth-order valence-electron chi connectivity index (χ4n) is 7.35. The van der Waals surface area contributed by atoms with E-state index in [0.717, 1.165) is 16.8 Å². The molecule has 2 aliphatic rings. The van der Waals surface area contributed by atoms with Crippen LogP contribution in [0.25, 0.3) is 0 Å². The largest absolute Gasteiger partial charge is 0.454 e. The van der Waals surface area contributed by atoms with Crippen molar-refractivity contribution in [3.05, 3.63) is 120 Å². The molecule has 1 fully saturated rings. The summed E-state index contributed by atoms with van der Waals surface area (Å²) in [5, 5.41) is 9.70. The van der Waals surface area contributed by atoms with E-state index in [0.29, 0.717) is 42.1 Å². The fraction of sp³-hybridized carbons (Fsp3) is 0.333. The summed E-state index contributed by atoms with van der Waals surface area (Å²) in [5.74, 6) is 0.950. The molecule has 2 N–H and O–H groups in total. The molecule has 250 valence electrons. The second-order valence-corrected chi connectivity index (χ2v) is 17.4. The van der Waals surface area contributed by atoms with Crippen molar-refractivity contribution < 1.29 is 29.0 Å². The Morgan fingerprint density at radius 1 is 0.875 bits per heavy atom. The van der Waals surface area contributed by atoms with Crippen molar-refractivity contribution >= 4 is 31.5 Å². The number of fused-ring (bicyclic) bond motifs is 2. The van der Waals surface area contributed by atoms with E-state index in [1.807, 2.05) is 104 Å². The van der Waals surface area contributed by atoms with Crippen LogP contribution >= 0.6 is 0 Å². The van der Waals surface area contributed by atoms with Crippen LogP contribution in [0.3, 0.4) is 0 Å². The Morgan fingerprint density at radius 3 is 2.31 bits per heavy atom. The van der Waals surface area contributed by atoms with Gasteiger partial charge in [0.2, 0.25) is 5.91 Å². The number of amides is 2. The molecule has 0 aliphatic carbocycles. The van der Waals surface area contributed by atoms with Gasteiger partial charge in [0.15, 0.2) is 14.1 Å². The molecule has 9 heteroatoms. The summed E-state index contributed by atoms with van der Waals surface area (Å²) < 4.78 is 12.8. The second-order valence-electron chi connectivity index (χ2n) is 13.4. The summed E-state index contributed by atoms with van der Waals surface area (Å²) in [6, 6.07) is 32.6.